The van der Waals surface area contributed by atoms with Crippen LogP contribution in [0.5, 0.6) is 0 Å². The second-order valence-corrected chi connectivity index (χ2v) is 10.9. The second-order valence-electron chi connectivity index (χ2n) is 9.77. The van der Waals surface area contributed by atoms with Gasteiger partial charge in [-0.1, -0.05) is 19.9 Å². The van der Waals surface area contributed by atoms with Crippen molar-refractivity contribution < 1.29 is 0 Å². The molecule has 0 aromatic carbocycles. The Kier molecular flexibility index (Phi) is 6.49. The molecule has 7 nitrogen and oxygen atoms in total. The fourth-order valence-electron chi connectivity index (χ4n) is 5.06. The normalized spacial score (nSPS) is 17.8. The number of piperazine rings is 1. The molecule has 0 atom stereocenters. The molecule has 0 aliphatic carbocycles. The van der Waals surface area contributed by atoms with Crippen LogP contribution in [-0.4, -0.2) is 70.1 Å². The second kappa shape index (κ2) is 9.52. The lowest BCUT2D eigenvalue weighted by Gasteiger charge is -2.35. The van der Waals surface area contributed by atoms with Crippen LogP contribution in [0.1, 0.15) is 30.0 Å². The minimum absolute atomic E-state index is 0.136. The van der Waals surface area contributed by atoms with Gasteiger partial charge in [0, 0.05) is 69.5 Å². The lowest BCUT2D eigenvalue weighted by molar-refractivity contribution is 0.229. The molecule has 0 amide bonds. The van der Waals surface area contributed by atoms with E-state index in [1.807, 2.05) is 17.6 Å². The summed E-state index contributed by atoms with van der Waals surface area (Å²) in [5.74, 6) is 1.72. The number of aromatic nitrogens is 3. The van der Waals surface area contributed by atoms with Crippen LogP contribution >= 0.6 is 11.3 Å². The molecule has 0 N–H and O–H groups in total. The summed E-state index contributed by atoms with van der Waals surface area (Å²) in [6, 6.07) is 6.20. The average Bonchev–Trinajstić information content (AvgIpc) is 3.17. The highest BCUT2D eigenvalue weighted by molar-refractivity contribution is 7.18. The van der Waals surface area contributed by atoms with Crippen LogP contribution in [0.4, 0.5) is 5.82 Å². The first kappa shape index (κ1) is 22.5. The third-order valence-electron chi connectivity index (χ3n) is 6.76. The zero-order chi connectivity index (χ0) is 22.9. The molecular weight excluding hydrogens is 432 g/mol. The van der Waals surface area contributed by atoms with Crippen molar-refractivity contribution in [2.75, 3.05) is 50.7 Å². The maximum absolute atomic E-state index is 13.3. The van der Waals surface area contributed by atoms with Crippen molar-refractivity contribution >= 4 is 27.4 Å². The predicted molar refractivity (Wildman–Crippen MR) is 135 cm³/mol. The Balaban J connectivity index is 1.23. The Morgan fingerprint density at radius 1 is 1.06 bits per heavy atom. The summed E-state index contributed by atoms with van der Waals surface area (Å²) in [6.45, 7) is 15.1. The summed E-state index contributed by atoms with van der Waals surface area (Å²) < 4.78 is 1.82. The maximum Gasteiger partial charge on any atom is 0.262 e. The van der Waals surface area contributed by atoms with E-state index in [0.717, 1.165) is 80.5 Å². The number of fused-ring (bicyclic) bond motifs is 3. The van der Waals surface area contributed by atoms with E-state index in [4.69, 9.17) is 0 Å². The van der Waals surface area contributed by atoms with Crippen molar-refractivity contribution in [1.82, 2.24) is 24.3 Å². The molecule has 5 heterocycles. The van der Waals surface area contributed by atoms with Crippen LogP contribution in [0.2, 0.25) is 0 Å². The molecule has 3 aromatic heterocycles. The Morgan fingerprint density at radius 2 is 1.88 bits per heavy atom. The van der Waals surface area contributed by atoms with Gasteiger partial charge < -0.3 is 4.90 Å². The smallest absolute Gasteiger partial charge is 0.262 e. The van der Waals surface area contributed by atoms with Crippen molar-refractivity contribution in [3.05, 3.63) is 51.0 Å². The molecule has 3 aromatic rings. The Bertz CT molecular complexity index is 1180. The van der Waals surface area contributed by atoms with Crippen molar-refractivity contribution in [2.24, 2.45) is 5.92 Å². The molecule has 1 saturated heterocycles. The predicted octanol–water partition coefficient (Wildman–Crippen LogP) is 3.00. The summed E-state index contributed by atoms with van der Waals surface area (Å²) in [5, 5.41) is 0.872. The zero-order valence-electron chi connectivity index (χ0n) is 20.0. The first-order chi connectivity index (χ1) is 16.0. The highest BCUT2D eigenvalue weighted by Crippen LogP contribution is 2.32. The summed E-state index contributed by atoms with van der Waals surface area (Å²) >= 11 is 1.71. The van der Waals surface area contributed by atoms with Crippen LogP contribution in [0.25, 0.3) is 10.2 Å². The van der Waals surface area contributed by atoms with Crippen molar-refractivity contribution in [3.8, 4) is 0 Å². The molecule has 176 valence electrons. The number of thiophene rings is 1. The number of rotatable bonds is 6. The summed E-state index contributed by atoms with van der Waals surface area (Å²) in [7, 11) is 0. The molecule has 5 rings (SSSR count). The molecular formula is C25H34N6OS. The van der Waals surface area contributed by atoms with Gasteiger partial charge in [-0.3, -0.25) is 19.2 Å². The van der Waals surface area contributed by atoms with Crippen molar-refractivity contribution in [1.29, 1.82) is 0 Å². The van der Waals surface area contributed by atoms with Gasteiger partial charge in [-0.15, -0.1) is 11.3 Å². The number of pyridine rings is 1. The van der Waals surface area contributed by atoms with E-state index in [0.29, 0.717) is 12.5 Å². The van der Waals surface area contributed by atoms with Gasteiger partial charge in [0.1, 0.15) is 10.6 Å². The highest BCUT2D eigenvalue weighted by Gasteiger charge is 2.24. The number of hydrogen-bond donors (Lipinski definition) is 0. The topological polar surface area (TPSA) is 57.5 Å². The lowest BCUT2D eigenvalue weighted by Crippen LogP contribution is -2.47. The molecule has 8 heteroatoms. The minimum atomic E-state index is 0.136. The van der Waals surface area contributed by atoms with Gasteiger partial charge in [0.15, 0.2) is 0 Å². The van der Waals surface area contributed by atoms with E-state index >= 15 is 0 Å². The third-order valence-corrected chi connectivity index (χ3v) is 7.88. The van der Waals surface area contributed by atoms with Gasteiger partial charge in [-0.2, -0.15) is 0 Å². The first-order valence-corrected chi connectivity index (χ1v) is 12.9. The van der Waals surface area contributed by atoms with E-state index in [2.05, 4.69) is 50.6 Å². The van der Waals surface area contributed by atoms with Gasteiger partial charge >= 0.3 is 0 Å². The minimum Gasteiger partial charge on any atom is -0.354 e. The summed E-state index contributed by atoms with van der Waals surface area (Å²) in [4.78, 5) is 32.2. The van der Waals surface area contributed by atoms with Crippen LogP contribution in [0.3, 0.4) is 0 Å². The summed E-state index contributed by atoms with van der Waals surface area (Å²) in [6.07, 6.45) is 2.71. The number of nitrogens with zero attached hydrogens (tertiary/aromatic N) is 6. The quantitative estimate of drug-likeness (QED) is 0.557. The molecule has 2 aliphatic rings. The monoisotopic (exact) mass is 466 g/mol. The van der Waals surface area contributed by atoms with Gasteiger partial charge in [-0.25, -0.2) is 9.97 Å². The van der Waals surface area contributed by atoms with Gasteiger partial charge in [0.2, 0.25) is 0 Å². The average molecular weight is 467 g/mol. The van der Waals surface area contributed by atoms with Crippen molar-refractivity contribution in [3.63, 3.8) is 0 Å². The number of anilines is 1. The zero-order valence-corrected chi connectivity index (χ0v) is 20.8. The molecule has 0 bridgehead atoms. The molecule has 2 aliphatic heterocycles. The molecule has 0 saturated carbocycles. The Hall–Kier alpha value is -2.29. The fourth-order valence-corrected chi connectivity index (χ4v) is 6.28. The standard InChI is InChI=1S/C25H34N6OS/c1-18(2)15-29-8-7-20-21(16-29)33-24-23(20)25(32)31(17-26-24)14-11-28-9-12-30(13-10-28)22-6-4-5-19(3)27-22/h4-6,17-18H,7-16H2,1-3H3. The fraction of sp³-hybridized carbons (Fsp3) is 0.560. The number of aryl methyl sites for hydroxylation is 1. The van der Waals surface area contributed by atoms with Gasteiger partial charge in [0.25, 0.3) is 5.56 Å². The largest absolute Gasteiger partial charge is 0.354 e. The molecule has 33 heavy (non-hydrogen) atoms. The van der Waals surface area contributed by atoms with E-state index in [1.54, 1.807) is 17.7 Å². The van der Waals surface area contributed by atoms with Gasteiger partial charge in [0.05, 0.1) is 11.7 Å². The SMILES string of the molecule is Cc1cccc(N2CCN(CCn3cnc4sc5c(c4c3=O)CCN(CC(C)C)C5)CC2)n1. The molecule has 0 unspecified atom stereocenters. The maximum atomic E-state index is 13.3. The van der Waals surface area contributed by atoms with Crippen LogP contribution in [0.15, 0.2) is 29.3 Å². The van der Waals surface area contributed by atoms with E-state index in [-0.39, 0.29) is 5.56 Å². The molecule has 1 fully saturated rings. The highest BCUT2D eigenvalue weighted by atomic mass is 32.1. The van der Waals surface area contributed by atoms with Crippen molar-refractivity contribution in [2.45, 2.75) is 40.3 Å². The summed E-state index contributed by atoms with van der Waals surface area (Å²) in [5.41, 5.74) is 2.44. The van der Waals surface area contributed by atoms with Crippen LogP contribution in [0, 0.1) is 12.8 Å². The van der Waals surface area contributed by atoms with E-state index in [9.17, 15) is 4.79 Å². The number of hydrogen-bond acceptors (Lipinski definition) is 7. The van der Waals surface area contributed by atoms with Gasteiger partial charge in [-0.05, 0) is 37.0 Å². The Labute approximate surface area is 199 Å². The van der Waals surface area contributed by atoms with E-state index < -0.39 is 0 Å². The van der Waals surface area contributed by atoms with Crippen LogP contribution < -0.4 is 10.5 Å². The third kappa shape index (κ3) is 4.83. The van der Waals surface area contributed by atoms with Crippen LogP contribution in [-0.2, 0) is 19.5 Å². The first-order valence-electron chi connectivity index (χ1n) is 12.1. The molecule has 0 radical (unpaired) electrons. The van der Waals surface area contributed by atoms with E-state index in [1.165, 1.54) is 10.4 Å². The molecule has 0 spiro atoms. The Morgan fingerprint density at radius 3 is 2.64 bits per heavy atom. The lowest BCUT2D eigenvalue weighted by atomic mass is 10.0.